The average molecular weight is 399 g/mol. The average Bonchev–Trinajstić information content (AvgIpc) is 3.18. The predicted molar refractivity (Wildman–Crippen MR) is 110 cm³/mol. The third-order valence-electron chi connectivity index (χ3n) is 4.11. The maximum atomic E-state index is 12.9. The molecule has 3 rings (SSSR count). The third-order valence-corrected chi connectivity index (χ3v) is 5.27. The molecule has 1 N–H and O–H groups in total. The highest BCUT2D eigenvalue weighted by molar-refractivity contribution is 7.17. The lowest BCUT2D eigenvalue weighted by Crippen LogP contribution is -2.11. The number of benzene rings is 2. The molecular formula is C21H21NO5S. The van der Waals surface area contributed by atoms with Crippen molar-refractivity contribution in [1.29, 1.82) is 0 Å². The van der Waals surface area contributed by atoms with Crippen LogP contribution in [0.25, 0.3) is 10.4 Å². The summed E-state index contributed by atoms with van der Waals surface area (Å²) in [7, 11) is 6.13. The molecule has 0 unspecified atom stereocenters. The van der Waals surface area contributed by atoms with Gasteiger partial charge in [-0.3, -0.25) is 4.79 Å². The van der Waals surface area contributed by atoms with E-state index >= 15 is 0 Å². The van der Waals surface area contributed by atoms with Crippen LogP contribution in [0, 0.1) is 0 Å². The first-order chi connectivity index (χ1) is 13.6. The molecule has 3 aromatic rings. The highest BCUT2D eigenvalue weighted by atomic mass is 32.1. The summed E-state index contributed by atoms with van der Waals surface area (Å²) in [5, 5.41) is 2.87. The number of amides is 1. The number of hydrogen-bond acceptors (Lipinski definition) is 6. The molecule has 0 spiro atoms. The summed E-state index contributed by atoms with van der Waals surface area (Å²) in [4.78, 5) is 14.3. The molecule has 0 fully saturated rings. The van der Waals surface area contributed by atoms with Crippen molar-refractivity contribution in [2.45, 2.75) is 0 Å². The molecule has 0 saturated heterocycles. The van der Waals surface area contributed by atoms with Crippen LogP contribution in [0.2, 0.25) is 0 Å². The van der Waals surface area contributed by atoms with Crippen LogP contribution in [0.15, 0.2) is 48.5 Å². The maximum Gasteiger partial charge on any atom is 0.269 e. The molecular weight excluding hydrogens is 378 g/mol. The SMILES string of the molecule is COc1cc(-c2ccccc2)sc1C(=O)Nc1cc(OC)c(OC)c(OC)c1. The zero-order chi connectivity index (χ0) is 20.1. The van der Waals surface area contributed by atoms with Gasteiger partial charge in [-0.25, -0.2) is 0 Å². The monoisotopic (exact) mass is 399 g/mol. The van der Waals surface area contributed by atoms with Gasteiger partial charge in [-0.2, -0.15) is 0 Å². The lowest BCUT2D eigenvalue weighted by atomic mass is 10.2. The van der Waals surface area contributed by atoms with E-state index in [9.17, 15) is 4.79 Å². The molecule has 28 heavy (non-hydrogen) atoms. The predicted octanol–water partition coefficient (Wildman–Crippen LogP) is 4.70. The van der Waals surface area contributed by atoms with Crippen molar-refractivity contribution in [2.75, 3.05) is 33.8 Å². The quantitative estimate of drug-likeness (QED) is 0.624. The second kappa shape index (κ2) is 8.67. The lowest BCUT2D eigenvalue weighted by Gasteiger charge is -2.14. The molecule has 0 bridgehead atoms. The van der Waals surface area contributed by atoms with Crippen molar-refractivity contribution >= 4 is 22.9 Å². The molecule has 0 aliphatic carbocycles. The second-order valence-electron chi connectivity index (χ2n) is 5.74. The Bertz CT molecular complexity index is 943. The number of nitrogens with one attached hydrogen (secondary N) is 1. The molecule has 0 aliphatic rings. The van der Waals surface area contributed by atoms with Gasteiger partial charge < -0.3 is 24.3 Å². The van der Waals surface area contributed by atoms with Crippen LogP contribution in [0.1, 0.15) is 9.67 Å². The molecule has 6 nitrogen and oxygen atoms in total. The van der Waals surface area contributed by atoms with E-state index in [0.717, 1.165) is 10.4 Å². The topological polar surface area (TPSA) is 66.0 Å². The molecule has 2 aromatic carbocycles. The summed E-state index contributed by atoms with van der Waals surface area (Å²) in [5.74, 6) is 1.62. The Kier molecular flexibility index (Phi) is 6.06. The first kappa shape index (κ1) is 19.6. The van der Waals surface area contributed by atoms with E-state index in [2.05, 4.69) is 5.32 Å². The first-order valence-electron chi connectivity index (χ1n) is 8.45. The van der Waals surface area contributed by atoms with Crippen LogP contribution in [0.5, 0.6) is 23.0 Å². The minimum atomic E-state index is -0.279. The van der Waals surface area contributed by atoms with Gasteiger partial charge in [0.15, 0.2) is 11.5 Å². The first-order valence-corrected chi connectivity index (χ1v) is 9.27. The standard InChI is InChI=1S/C21H21NO5S/c1-24-15-10-14(11-16(25-2)19(15)27-4)22-21(23)20-17(26-3)12-18(28-20)13-8-6-5-7-9-13/h5-12H,1-4H3,(H,22,23). The summed E-state index contributed by atoms with van der Waals surface area (Å²) >= 11 is 1.37. The summed E-state index contributed by atoms with van der Waals surface area (Å²) < 4.78 is 21.4. The minimum Gasteiger partial charge on any atom is -0.495 e. The van der Waals surface area contributed by atoms with E-state index in [1.807, 2.05) is 36.4 Å². The van der Waals surface area contributed by atoms with Crippen molar-refractivity contribution in [3.8, 4) is 33.4 Å². The number of carbonyl (C=O) groups excluding carboxylic acids is 1. The fourth-order valence-corrected chi connectivity index (χ4v) is 3.80. The van der Waals surface area contributed by atoms with Gasteiger partial charge in [0, 0.05) is 22.7 Å². The second-order valence-corrected chi connectivity index (χ2v) is 6.79. The number of anilines is 1. The van der Waals surface area contributed by atoms with Gasteiger partial charge in [0.25, 0.3) is 5.91 Å². The lowest BCUT2D eigenvalue weighted by molar-refractivity contribution is 0.102. The molecule has 1 heterocycles. The van der Waals surface area contributed by atoms with E-state index < -0.39 is 0 Å². The van der Waals surface area contributed by atoms with E-state index in [1.165, 1.54) is 32.7 Å². The summed E-state index contributed by atoms with van der Waals surface area (Å²) in [6.45, 7) is 0. The zero-order valence-electron chi connectivity index (χ0n) is 16.1. The number of carbonyl (C=O) groups is 1. The molecule has 0 atom stereocenters. The van der Waals surface area contributed by atoms with Crippen molar-refractivity contribution < 1.29 is 23.7 Å². The maximum absolute atomic E-state index is 12.9. The van der Waals surface area contributed by atoms with E-state index in [-0.39, 0.29) is 5.91 Å². The molecule has 0 saturated carbocycles. The van der Waals surface area contributed by atoms with E-state index in [0.29, 0.717) is 33.6 Å². The number of rotatable bonds is 7. The van der Waals surface area contributed by atoms with E-state index in [4.69, 9.17) is 18.9 Å². The van der Waals surface area contributed by atoms with Gasteiger partial charge in [-0.15, -0.1) is 11.3 Å². The van der Waals surface area contributed by atoms with Gasteiger partial charge in [-0.05, 0) is 11.6 Å². The summed E-state index contributed by atoms with van der Waals surface area (Å²) in [5.41, 5.74) is 1.55. The van der Waals surface area contributed by atoms with Crippen molar-refractivity contribution in [2.24, 2.45) is 0 Å². The Labute approximate surface area is 167 Å². The molecule has 0 radical (unpaired) electrons. The molecule has 1 amide bonds. The fourth-order valence-electron chi connectivity index (χ4n) is 2.77. The summed E-state index contributed by atoms with van der Waals surface area (Å²) in [6, 6.07) is 15.1. The molecule has 1 aromatic heterocycles. The van der Waals surface area contributed by atoms with Gasteiger partial charge in [-0.1, -0.05) is 30.3 Å². The van der Waals surface area contributed by atoms with E-state index in [1.54, 1.807) is 19.2 Å². The number of hydrogen-bond donors (Lipinski definition) is 1. The Balaban J connectivity index is 1.92. The van der Waals surface area contributed by atoms with Gasteiger partial charge in [0.2, 0.25) is 5.75 Å². The minimum absolute atomic E-state index is 0.279. The highest BCUT2D eigenvalue weighted by Gasteiger charge is 2.20. The molecule has 7 heteroatoms. The van der Waals surface area contributed by atoms with Crippen LogP contribution >= 0.6 is 11.3 Å². The van der Waals surface area contributed by atoms with Crippen LogP contribution in [0.3, 0.4) is 0 Å². The smallest absolute Gasteiger partial charge is 0.269 e. The number of thiophene rings is 1. The van der Waals surface area contributed by atoms with Gasteiger partial charge in [0.05, 0.1) is 28.4 Å². The van der Waals surface area contributed by atoms with Crippen LogP contribution in [-0.4, -0.2) is 34.3 Å². The Morgan fingerprint density at radius 1 is 0.821 bits per heavy atom. The summed E-state index contributed by atoms with van der Waals surface area (Å²) in [6.07, 6.45) is 0. The largest absolute Gasteiger partial charge is 0.495 e. The zero-order valence-corrected chi connectivity index (χ0v) is 16.9. The Hall–Kier alpha value is -3.19. The third kappa shape index (κ3) is 3.89. The fraction of sp³-hybridized carbons (Fsp3) is 0.190. The Morgan fingerprint density at radius 3 is 1.96 bits per heavy atom. The highest BCUT2D eigenvalue weighted by Crippen LogP contribution is 2.41. The van der Waals surface area contributed by atoms with Crippen LogP contribution in [0.4, 0.5) is 5.69 Å². The number of ether oxygens (including phenoxy) is 4. The molecule has 146 valence electrons. The van der Waals surface area contributed by atoms with Gasteiger partial charge in [0.1, 0.15) is 10.6 Å². The van der Waals surface area contributed by atoms with Crippen LogP contribution < -0.4 is 24.3 Å². The van der Waals surface area contributed by atoms with Crippen molar-refractivity contribution in [3.05, 3.63) is 53.4 Å². The Morgan fingerprint density at radius 2 is 1.43 bits per heavy atom. The normalized spacial score (nSPS) is 10.3. The van der Waals surface area contributed by atoms with Gasteiger partial charge >= 0.3 is 0 Å². The van der Waals surface area contributed by atoms with Crippen LogP contribution in [-0.2, 0) is 0 Å². The van der Waals surface area contributed by atoms with Crippen molar-refractivity contribution in [3.63, 3.8) is 0 Å². The molecule has 0 aliphatic heterocycles. The van der Waals surface area contributed by atoms with Crippen molar-refractivity contribution in [1.82, 2.24) is 0 Å². The number of methoxy groups -OCH3 is 4.